The molecule has 0 bridgehead atoms. The first kappa shape index (κ1) is 25.0. The molecule has 1 aliphatic heterocycles. The average molecular weight is 476 g/mol. The van der Waals surface area contributed by atoms with Crippen LogP contribution in [0.15, 0.2) is 53.4 Å². The lowest BCUT2D eigenvalue weighted by atomic mass is 9.97. The summed E-state index contributed by atoms with van der Waals surface area (Å²) in [5.41, 5.74) is 1.23. The molecule has 2 aromatic carbocycles. The third-order valence-corrected chi connectivity index (χ3v) is 7.80. The Morgan fingerprint density at radius 1 is 1.06 bits per heavy atom. The van der Waals surface area contributed by atoms with E-state index in [0.717, 1.165) is 13.1 Å². The van der Waals surface area contributed by atoms with E-state index in [2.05, 4.69) is 22.3 Å². The van der Waals surface area contributed by atoms with Crippen LogP contribution in [0.25, 0.3) is 0 Å². The summed E-state index contributed by atoms with van der Waals surface area (Å²) >= 11 is 0. The number of carbonyl (C=O) groups excluding carboxylic acids is 1. The number of sulfonamides is 1. The molecule has 1 N–H and O–H groups in total. The average Bonchev–Trinajstić information content (AvgIpc) is 2.84. The fourth-order valence-corrected chi connectivity index (χ4v) is 5.46. The number of likely N-dealkylation sites (N-methyl/N-ethyl adjacent to an activating group) is 1. The summed E-state index contributed by atoms with van der Waals surface area (Å²) in [6, 6.07) is 14.8. The molecule has 1 amide bonds. The first-order chi connectivity index (χ1) is 15.8. The van der Waals surface area contributed by atoms with Crippen LogP contribution in [0.5, 0.6) is 11.5 Å². The maximum Gasteiger partial charge on any atom is 0.243 e. The van der Waals surface area contributed by atoms with Crippen LogP contribution in [0.4, 0.5) is 0 Å². The molecule has 0 saturated carbocycles. The van der Waals surface area contributed by atoms with Gasteiger partial charge in [-0.1, -0.05) is 30.3 Å². The van der Waals surface area contributed by atoms with E-state index in [1.165, 1.54) is 36.2 Å². The van der Waals surface area contributed by atoms with Gasteiger partial charge in [0.2, 0.25) is 15.9 Å². The minimum Gasteiger partial charge on any atom is -0.493 e. The first-order valence-electron chi connectivity index (χ1n) is 11.1. The minimum atomic E-state index is -3.67. The van der Waals surface area contributed by atoms with Crippen molar-refractivity contribution in [1.82, 2.24) is 14.5 Å². The molecule has 8 nitrogen and oxygen atoms in total. The number of ether oxygens (including phenoxy) is 2. The number of carbonyl (C=O) groups is 1. The van der Waals surface area contributed by atoms with E-state index < -0.39 is 10.0 Å². The van der Waals surface area contributed by atoms with Gasteiger partial charge in [-0.15, -0.1) is 0 Å². The van der Waals surface area contributed by atoms with Gasteiger partial charge < -0.3 is 19.7 Å². The molecule has 9 heteroatoms. The molecule has 33 heavy (non-hydrogen) atoms. The molecule has 3 rings (SSSR count). The van der Waals surface area contributed by atoms with Gasteiger partial charge in [-0.3, -0.25) is 4.79 Å². The highest BCUT2D eigenvalue weighted by molar-refractivity contribution is 7.89. The van der Waals surface area contributed by atoms with E-state index >= 15 is 0 Å². The van der Waals surface area contributed by atoms with E-state index in [4.69, 9.17) is 9.47 Å². The summed E-state index contributed by atoms with van der Waals surface area (Å²) in [6.07, 6.45) is 0.996. The third kappa shape index (κ3) is 6.46. The zero-order valence-corrected chi connectivity index (χ0v) is 20.3. The number of rotatable bonds is 10. The number of amides is 1. The number of hydrogen-bond acceptors (Lipinski definition) is 6. The van der Waals surface area contributed by atoms with Crippen LogP contribution in [-0.4, -0.2) is 71.0 Å². The molecule has 1 heterocycles. The van der Waals surface area contributed by atoms with Crippen molar-refractivity contribution in [3.63, 3.8) is 0 Å². The Hall–Kier alpha value is -2.62. The van der Waals surface area contributed by atoms with E-state index in [0.29, 0.717) is 44.0 Å². The molecule has 180 valence electrons. The summed E-state index contributed by atoms with van der Waals surface area (Å²) in [5.74, 6) is 0.652. The van der Waals surface area contributed by atoms with Crippen LogP contribution in [-0.2, 0) is 21.4 Å². The fourth-order valence-electron chi connectivity index (χ4n) is 3.97. The number of piperidine rings is 1. The maximum atomic E-state index is 13.1. The Labute approximate surface area is 196 Å². The summed E-state index contributed by atoms with van der Waals surface area (Å²) in [5, 5.41) is 3.00. The van der Waals surface area contributed by atoms with E-state index in [1.807, 2.05) is 25.2 Å². The van der Waals surface area contributed by atoms with Crippen LogP contribution in [0, 0.1) is 5.92 Å². The lowest BCUT2D eigenvalue weighted by molar-refractivity contribution is -0.126. The molecular formula is C24H33N3O5S. The fraction of sp³-hybridized carbons (Fsp3) is 0.458. The summed E-state index contributed by atoms with van der Waals surface area (Å²) < 4.78 is 38.0. The van der Waals surface area contributed by atoms with Gasteiger partial charge in [0.05, 0.1) is 19.1 Å². The van der Waals surface area contributed by atoms with E-state index in [1.54, 1.807) is 6.07 Å². The molecule has 1 saturated heterocycles. The lowest BCUT2D eigenvalue weighted by Gasteiger charge is -2.30. The zero-order chi connectivity index (χ0) is 23.8. The van der Waals surface area contributed by atoms with Gasteiger partial charge in [0.1, 0.15) is 0 Å². The third-order valence-electron chi connectivity index (χ3n) is 5.91. The molecule has 0 aliphatic carbocycles. The van der Waals surface area contributed by atoms with Gasteiger partial charge in [-0.05, 0) is 37.6 Å². The smallest absolute Gasteiger partial charge is 0.243 e. The monoisotopic (exact) mass is 475 g/mol. The Balaban J connectivity index is 1.47. The molecule has 1 fully saturated rings. The Kier molecular flexibility index (Phi) is 8.71. The standard InChI is InChI=1S/C24H33N3O5S/c1-26(18-19-7-5-4-6-8-19)16-13-25-24(28)20-11-14-27(15-12-20)33(29,30)21-9-10-22(31-2)23(17-21)32-3/h4-10,17,20H,11-16,18H2,1-3H3,(H,25,28). The second-order valence-electron chi connectivity index (χ2n) is 8.21. The van der Waals surface area contributed by atoms with Crippen molar-refractivity contribution >= 4 is 15.9 Å². The van der Waals surface area contributed by atoms with Crippen molar-refractivity contribution in [1.29, 1.82) is 0 Å². The molecule has 0 unspecified atom stereocenters. The predicted octanol–water partition coefficient (Wildman–Crippen LogP) is 2.35. The van der Waals surface area contributed by atoms with Crippen molar-refractivity contribution in [2.75, 3.05) is 47.4 Å². The Bertz CT molecular complexity index is 1020. The van der Waals surface area contributed by atoms with Crippen molar-refractivity contribution in [3.05, 3.63) is 54.1 Å². The zero-order valence-electron chi connectivity index (χ0n) is 19.5. The van der Waals surface area contributed by atoms with Gasteiger partial charge in [0.25, 0.3) is 0 Å². The molecule has 0 radical (unpaired) electrons. The second-order valence-corrected chi connectivity index (χ2v) is 10.1. The molecule has 2 aromatic rings. The van der Waals surface area contributed by atoms with Crippen LogP contribution in [0.3, 0.4) is 0 Å². The molecular weight excluding hydrogens is 442 g/mol. The van der Waals surface area contributed by atoms with Crippen LogP contribution in [0.2, 0.25) is 0 Å². The summed E-state index contributed by atoms with van der Waals surface area (Å²) in [7, 11) is 1.33. The second kappa shape index (κ2) is 11.5. The van der Waals surface area contributed by atoms with Crippen LogP contribution in [0.1, 0.15) is 18.4 Å². The van der Waals surface area contributed by atoms with E-state index in [-0.39, 0.29) is 16.7 Å². The summed E-state index contributed by atoms with van der Waals surface area (Å²) in [4.78, 5) is 14.9. The Morgan fingerprint density at radius 3 is 2.36 bits per heavy atom. The van der Waals surface area contributed by atoms with Crippen LogP contribution >= 0.6 is 0 Å². The Morgan fingerprint density at radius 2 is 1.73 bits per heavy atom. The molecule has 0 aromatic heterocycles. The van der Waals surface area contributed by atoms with Crippen molar-refractivity contribution in [2.24, 2.45) is 5.92 Å². The SMILES string of the molecule is COc1ccc(S(=O)(=O)N2CCC(C(=O)NCCN(C)Cc3ccccc3)CC2)cc1OC. The van der Waals surface area contributed by atoms with Gasteiger partial charge >= 0.3 is 0 Å². The van der Waals surface area contributed by atoms with Gasteiger partial charge in [0.15, 0.2) is 11.5 Å². The lowest BCUT2D eigenvalue weighted by Crippen LogP contribution is -2.44. The summed E-state index contributed by atoms with van der Waals surface area (Å²) in [6.45, 7) is 2.74. The maximum absolute atomic E-state index is 13.1. The molecule has 0 spiro atoms. The predicted molar refractivity (Wildman–Crippen MR) is 127 cm³/mol. The number of nitrogens with zero attached hydrogens (tertiary/aromatic N) is 2. The number of hydrogen-bond donors (Lipinski definition) is 1. The largest absolute Gasteiger partial charge is 0.493 e. The number of benzene rings is 2. The highest BCUT2D eigenvalue weighted by atomic mass is 32.2. The van der Waals surface area contributed by atoms with Gasteiger partial charge in [-0.2, -0.15) is 4.31 Å². The highest BCUT2D eigenvalue weighted by Gasteiger charge is 2.32. The molecule has 1 aliphatic rings. The number of methoxy groups -OCH3 is 2. The molecule has 0 atom stereocenters. The topological polar surface area (TPSA) is 88.2 Å². The van der Waals surface area contributed by atoms with Crippen molar-refractivity contribution in [3.8, 4) is 11.5 Å². The first-order valence-corrected chi connectivity index (χ1v) is 12.5. The van der Waals surface area contributed by atoms with E-state index in [9.17, 15) is 13.2 Å². The number of nitrogens with one attached hydrogen (secondary N) is 1. The van der Waals surface area contributed by atoms with Gasteiger partial charge in [-0.25, -0.2) is 8.42 Å². The van der Waals surface area contributed by atoms with Crippen molar-refractivity contribution < 1.29 is 22.7 Å². The van der Waals surface area contributed by atoms with Crippen LogP contribution < -0.4 is 14.8 Å². The van der Waals surface area contributed by atoms with Crippen molar-refractivity contribution in [2.45, 2.75) is 24.3 Å². The minimum absolute atomic E-state index is 0.00808. The van der Waals surface area contributed by atoms with Gasteiger partial charge in [0, 0.05) is 44.7 Å². The highest BCUT2D eigenvalue weighted by Crippen LogP contribution is 2.32. The quantitative estimate of drug-likeness (QED) is 0.568. The normalized spacial score (nSPS) is 15.4.